The Hall–Kier alpha value is -1.44. The van der Waals surface area contributed by atoms with Crippen LogP contribution in [-0.2, 0) is 15.5 Å². The van der Waals surface area contributed by atoms with E-state index in [2.05, 4.69) is 10.6 Å². The van der Waals surface area contributed by atoms with E-state index in [9.17, 15) is 18.4 Å². The molecule has 1 aliphatic carbocycles. The van der Waals surface area contributed by atoms with E-state index in [1.54, 1.807) is 0 Å². The van der Waals surface area contributed by atoms with Crippen LogP contribution in [0.1, 0.15) is 38.7 Å². The maximum absolute atomic E-state index is 13.5. The lowest BCUT2D eigenvalue weighted by Gasteiger charge is -2.45. The maximum atomic E-state index is 13.5. The van der Waals surface area contributed by atoms with Crippen molar-refractivity contribution >= 4 is 40.7 Å². The van der Waals surface area contributed by atoms with E-state index in [1.165, 1.54) is 17.0 Å². The number of hydrogen-bond acceptors (Lipinski definition) is 3. The van der Waals surface area contributed by atoms with Gasteiger partial charge >= 0.3 is 0 Å². The monoisotopic (exact) mass is 433 g/mol. The fraction of sp³-hybridized carbons (Fsp3) is 0.579. The van der Waals surface area contributed by atoms with Gasteiger partial charge in [-0.15, -0.1) is 11.6 Å². The first-order valence-electron chi connectivity index (χ1n) is 9.24. The highest BCUT2D eigenvalue weighted by Crippen LogP contribution is 2.34. The molecular weight excluding hydrogens is 411 g/mol. The number of alkyl halides is 3. The van der Waals surface area contributed by atoms with Gasteiger partial charge in [0, 0.05) is 23.9 Å². The largest absolute Gasteiger partial charge is 0.323 e. The minimum atomic E-state index is -3.06. The minimum Gasteiger partial charge on any atom is -0.323 e. The first-order chi connectivity index (χ1) is 13.1. The highest BCUT2D eigenvalue weighted by molar-refractivity contribution is 6.33. The maximum Gasteiger partial charge on any atom is 0.270 e. The number of hydrogen-bond donors (Lipinski definition) is 2. The second kappa shape index (κ2) is 8.13. The number of nitrogens with zero attached hydrogens (tertiary/aromatic N) is 1. The average molecular weight is 434 g/mol. The molecule has 2 aliphatic rings. The highest BCUT2D eigenvalue weighted by atomic mass is 35.5. The normalized spacial score (nSPS) is 28.1. The van der Waals surface area contributed by atoms with Gasteiger partial charge in [-0.3, -0.25) is 14.9 Å². The van der Waals surface area contributed by atoms with Gasteiger partial charge in [0.1, 0.15) is 6.54 Å². The zero-order valence-electron chi connectivity index (χ0n) is 15.6. The standard InChI is InChI=1S/C19H23Cl2F2N3O2/c1-10-24-15-6-4-12(20)8-13(15)18(28)26(10)9-17(27)25-16-7-11(19(2,22)23)3-5-14(16)21/h3,5,7,10,12-13,15,24H,4,6,8-9H2,1-2H3,(H,25,27). The van der Waals surface area contributed by atoms with Crippen molar-refractivity contribution < 1.29 is 18.4 Å². The SMILES string of the molecule is CC1NC2CCC(Cl)CC2C(=O)N1CC(=O)Nc1cc(C(C)(F)F)ccc1Cl. The summed E-state index contributed by atoms with van der Waals surface area (Å²) < 4.78 is 27.1. The van der Waals surface area contributed by atoms with Gasteiger partial charge < -0.3 is 10.2 Å². The summed E-state index contributed by atoms with van der Waals surface area (Å²) in [5.41, 5.74) is -0.165. The lowest BCUT2D eigenvalue weighted by atomic mass is 9.81. The highest BCUT2D eigenvalue weighted by Gasteiger charge is 2.43. The summed E-state index contributed by atoms with van der Waals surface area (Å²) >= 11 is 12.2. The predicted molar refractivity (Wildman–Crippen MR) is 105 cm³/mol. The molecule has 0 spiro atoms. The molecule has 2 N–H and O–H groups in total. The van der Waals surface area contributed by atoms with Crippen LogP contribution in [0.2, 0.25) is 5.02 Å². The van der Waals surface area contributed by atoms with Crippen LogP contribution in [0, 0.1) is 5.92 Å². The molecule has 2 amide bonds. The molecule has 4 unspecified atom stereocenters. The molecule has 1 aliphatic heterocycles. The van der Waals surface area contributed by atoms with E-state index in [-0.39, 0.29) is 52.2 Å². The number of carbonyl (C=O) groups is 2. The van der Waals surface area contributed by atoms with Crippen molar-refractivity contribution in [2.45, 2.75) is 56.6 Å². The summed E-state index contributed by atoms with van der Waals surface area (Å²) in [6.07, 6.45) is 1.94. The topological polar surface area (TPSA) is 61.4 Å². The summed E-state index contributed by atoms with van der Waals surface area (Å²) in [5.74, 6) is -3.93. The molecule has 1 saturated carbocycles. The molecule has 0 bridgehead atoms. The Morgan fingerprint density at radius 3 is 2.79 bits per heavy atom. The van der Waals surface area contributed by atoms with Crippen LogP contribution in [0.5, 0.6) is 0 Å². The number of halogens is 4. The molecule has 154 valence electrons. The molecule has 2 fully saturated rings. The molecule has 1 aromatic rings. The third-order valence-corrected chi connectivity index (χ3v) is 6.10. The zero-order chi connectivity index (χ0) is 20.6. The summed E-state index contributed by atoms with van der Waals surface area (Å²) in [7, 11) is 0. The van der Waals surface area contributed by atoms with Crippen molar-refractivity contribution in [2.24, 2.45) is 5.92 Å². The van der Waals surface area contributed by atoms with Crippen LogP contribution in [-0.4, -0.2) is 40.8 Å². The Labute approximate surface area is 172 Å². The van der Waals surface area contributed by atoms with Crippen LogP contribution in [0.4, 0.5) is 14.5 Å². The van der Waals surface area contributed by atoms with Gasteiger partial charge in [-0.2, -0.15) is 0 Å². The minimum absolute atomic E-state index is 0.0478. The quantitative estimate of drug-likeness (QED) is 0.706. The Morgan fingerprint density at radius 1 is 1.39 bits per heavy atom. The van der Waals surface area contributed by atoms with Gasteiger partial charge in [0.15, 0.2) is 0 Å². The van der Waals surface area contributed by atoms with Gasteiger partial charge in [-0.05, 0) is 38.3 Å². The third-order valence-electron chi connectivity index (χ3n) is 5.37. The number of nitrogens with one attached hydrogen (secondary N) is 2. The Morgan fingerprint density at radius 2 is 2.11 bits per heavy atom. The zero-order valence-corrected chi connectivity index (χ0v) is 17.2. The molecule has 5 nitrogen and oxygen atoms in total. The number of benzene rings is 1. The van der Waals surface area contributed by atoms with Crippen molar-refractivity contribution in [2.75, 3.05) is 11.9 Å². The van der Waals surface area contributed by atoms with Crippen molar-refractivity contribution in [3.63, 3.8) is 0 Å². The molecule has 1 saturated heterocycles. The Balaban J connectivity index is 1.70. The van der Waals surface area contributed by atoms with Crippen molar-refractivity contribution in [1.82, 2.24) is 10.2 Å². The molecule has 4 atom stereocenters. The molecule has 0 aromatic heterocycles. The van der Waals surface area contributed by atoms with E-state index in [1.807, 2.05) is 6.92 Å². The first kappa shape index (κ1) is 21.3. The van der Waals surface area contributed by atoms with Crippen LogP contribution in [0.25, 0.3) is 0 Å². The Kier molecular flexibility index (Phi) is 6.17. The summed E-state index contributed by atoms with van der Waals surface area (Å²) in [6, 6.07) is 3.74. The number of fused-ring (bicyclic) bond motifs is 1. The number of anilines is 1. The average Bonchev–Trinajstić information content (AvgIpc) is 2.60. The van der Waals surface area contributed by atoms with Crippen LogP contribution >= 0.6 is 23.2 Å². The summed E-state index contributed by atoms with van der Waals surface area (Å²) in [4.78, 5) is 26.8. The third kappa shape index (κ3) is 4.58. The van der Waals surface area contributed by atoms with Crippen molar-refractivity contribution in [3.05, 3.63) is 28.8 Å². The smallest absolute Gasteiger partial charge is 0.270 e. The number of carbonyl (C=O) groups excluding carboxylic acids is 2. The molecule has 9 heteroatoms. The van der Waals surface area contributed by atoms with E-state index in [0.29, 0.717) is 6.42 Å². The predicted octanol–water partition coefficient (Wildman–Crippen LogP) is 3.94. The molecule has 3 rings (SSSR count). The first-order valence-corrected chi connectivity index (χ1v) is 10.1. The fourth-order valence-electron chi connectivity index (χ4n) is 3.85. The summed E-state index contributed by atoms with van der Waals surface area (Å²) in [6.45, 7) is 2.39. The lowest BCUT2D eigenvalue weighted by molar-refractivity contribution is -0.148. The molecule has 28 heavy (non-hydrogen) atoms. The van der Waals surface area contributed by atoms with E-state index in [0.717, 1.165) is 25.8 Å². The molecule has 1 heterocycles. The van der Waals surface area contributed by atoms with Crippen LogP contribution < -0.4 is 10.6 Å². The van der Waals surface area contributed by atoms with Gasteiger partial charge in [0.05, 0.1) is 22.8 Å². The van der Waals surface area contributed by atoms with Gasteiger partial charge in [-0.25, -0.2) is 8.78 Å². The van der Waals surface area contributed by atoms with Gasteiger partial charge in [0.2, 0.25) is 11.8 Å². The van der Waals surface area contributed by atoms with Crippen molar-refractivity contribution in [3.8, 4) is 0 Å². The van der Waals surface area contributed by atoms with E-state index >= 15 is 0 Å². The lowest BCUT2D eigenvalue weighted by Crippen LogP contribution is -2.64. The fourth-order valence-corrected chi connectivity index (χ4v) is 4.33. The van der Waals surface area contributed by atoms with Crippen LogP contribution in [0.3, 0.4) is 0 Å². The van der Waals surface area contributed by atoms with E-state index < -0.39 is 11.8 Å². The van der Waals surface area contributed by atoms with E-state index in [4.69, 9.17) is 23.2 Å². The van der Waals surface area contributed by atoms with Crippen molar-refractivity contribution in [1.29, 1.82) is 0 Å². The molecule has 1 aromatic carbocycles. The Bertz CT molecular complexity index is 772. The van der Waals surface area contributed by atoms with Crippen LogP contribution in [0.15, 0.2) is 18.2 Å². The number of amides is 2. The summed E-state index contributed by atoms with van der Waals surface area (Å²) in [5, 5.41) is 6.01. The number of rotatable bonds is 4. The van der Waals surface area contributed by atoms with Gasteiger partial charge in [-0.1, -0.05) is 17.7 Å². The molecule has 0 radical (unpaired) electrons. The molecular formula is C19H23Cl2F2N3O2. The van der Waals surface area contributed by atoms with Gasteiger partial charge in [0.25, 0.3) is 5.92 Å². The second-order valence-corrected chi connectivity index (χ2v) is 8.59. The second-order valence-electron chi connectivity index (χ2n) is 7.56.